The summed E-state index contributed by atoms with van der Waals surface area (Å²) in [4.78, 5) is 3.30. The predicted molar refractivity (Wildman–Crippen MR) is 75.4 cm³/mol. The Labute approximate surface area is 116 Å². The summed E-state index contributed by atoms with van der Waals surface area (Å²) in [5.41, 5.74) is 2.14. The van der Waals surface area contributed by atoms with Crippen LogP contribution in [-0.4, -0.2) is 10.1 Å². The number of aliphatic hydroxyl groups is 1. The molecule has 2 nitrogen and oxygen atoms in total. The van der Waals surface area contributed by atoms with Gasteiger partial charge in [-0.05, 0) is 50.3 Å². The van der Waals surface area contributed by atoms with Crippen molar-refractivity contribution >= 4 is 34.1 Å². The first kappa shape index (κ1) is 12.3. The molecule has 1 atom stereocenters. The Kier molecular flexibility index (Phi) is 2.85. The first-order valence-corrected chi connectivity index (χ1v) is 6.97. The molecule has 0 aliphatic heterocycles. The Morgan fingerprint density at radius 1 is 1.28 bits per heavy atom. The molecule has 0 saturated heterocycles. The van der Waals surface area contributed by atoms with Gasteiger partial charge in [-0.2, -0.15) is 0 Å². The van der Waals surface area contributed by atoms with E-state index in [-0.39, 0.29) is 0 Å². The molecule has 0 saturated carbocycles. The highest BCUT2D eigenvalue weighted by atomic mass is 35.5. The molecule has 3 rings (SSSR count). The van der Waals surface area contributed by atoms with Gasteiger partial charge in [-0.15, -0.1) is 0 Å². The second-order valence-electron chi connectivity index (χ2n) is 5.27. The summed E-state index contributed by atoms with van der Waals surface area (Å²) in [6.07, 6.45) is 3.85. The molecule has 1 aliphatic carbocycles. The normalized spacial score (nSPS) is 24.0. The summed E-state index contributed by atoms with van der Waals surface area (Å²) in [6, 6.07) is 3.66. The summed E-state index contributed by atoms with van der Waals surface area (Å²) in [6.45, 7) is 1.86. The third-order valence-corrected chi connectivity index (χ3v) is 4.33. The van der Waals surface area contributed by atoms with Crippen LogP contribution >= 0.6 is 23.2 Å². The van der Waals surface area contributed by atoms with Gasteiger partial charge in [0.25, 0.3) is 0 Å². The molecule has 4 heteroatoms. The largest absolute Gasteiger partial charge is 0.384 e. The van der Waals surface area contributed by atoms with Crippen LogP contribution < -0.4 is 0 Å². The van der Waals surface area contributed by atoms with Gasteiger partial charge in [0, 0.05) is 10.4 Å². The van der Waals surface area contributed by atoms with Crippen molar-refractivity contribution in [2.45, 2.75) is 38.2 Å². The lowest BCUT2D eigenvalue weighted by Gasteiger charge is -2.21. The van der Waals surface area contributed by atoms with Crippen LogP contribution in [0.25, 0.3) is 10.9 Å². The summed E-state index contributed by atoms with van der Waals surface area (Å²) >= 11 is 12.3. The molecule has 1 aromatic heterocycles. The zero-order valence-corrected chi connectivity index (χ0v) is 11.7. The maximum atomic E-state index is 10.6. The van der Waals surface area contributed by atoms with Crippen molar-refractivity contribution in [2.24, 2.45) is 0 Å². The minimum Gasteiger partial charge on any atom is -0.384 e. The Bertz CT molecular complexity index is 616. The van der Waals surface area contributed by atoms with Gasteiger partial charge in [-0.1, -0.05) is 23.2 Å². The van der Waals surface area contributed by atoms with Crippen LogP contribution in [0.5, 0.6) is 0 Å². The molecule has 18 heavy (non-hydrogen) atoms. The van der Waals surface area contributed by atoms with E-state index >= 15 is 0 Å². The SMILES string of the molecule is CC1(O)CCCCc2c1[nH]c1c(Cl)cc(Cl)cc21. The number of aryl methyl sites for hydroxylation is 1. The summed E-state index contributed by atoms with van der Waals surface area (Å²) in [7, 11) is 0. The maximum absolute atomic E-state index is 10.6. The smallest absolute Gasteiger partial charge is 0.102 e. The average Bonchev–Trinajstić information content (AvgIpc) is 2.57. The number of aromatic nitrogens is 1. The fraction of sp³-hybridized carbons (Fsp3) is 0.429. The first-order valence-electron chi connectivity index (χ1n) is 6.21. The van der Waals surface area contributed by atoms with E-state index in [2.05, 4.69) is 4.98 Å². The van der Waals surface area contributed by atoms with E-state index in [9.17, 15) is 5.11 Å². The number of H-pyrrole nitrogens is 1. The van der Waals surface area contributed by atoms with Gasteiger partial charge in [0.2, 0.25) is 0 Å². The monoisotopic (exact) mass is 283 g/mol. The van der Waals surface area contributed by atoms with Gasteiger partial charge in [0.15, 0.2) is 0 Å². The van der Waals surface area contributed by atoms with Crippen molar-refractivity contribution in [3.63, 3.8) is 0 Å². The molecule has 1 aliphatic rings. The number of hydrogen-bond donors (Lipinski definition) is 2. The molecule has 1 unspecified atom stereocenters. The van der Waals surface area contributed by atoms with Crippen LogP contribution in [0.2, 0.25) is 10.0 Å². The molecule has 0 bridgehead atoms. The molecule has 1 aromatic carbocycles. The van der Waals surface area contributed by atoms with E-state index in [1.165, 1.54) is 0 Å². The number of rotatable bonds is 0. The van der Waals surface area contributed by atoms with Gasteiger partial charge in [0.1, 0.15) is 5.60 Å². The van der Waals surface area contributed by atoms with Gasteiger partial charge in [-0.25, -0.2) is 0 Å². The van der Waals surface area contributed by atoms with Crippen molar-refractivity contribution in [1.82, 2.24) is 4.98 Å². The number of halogens is 2. The number of benzene rings is 1. The van der Waals surface area contributed by atoms with E-state index in [1.54, 1.807) is 6.07 Å². The van der Waals surface area contributed by atoms with Crippen LogP contribution in [0.1, 0.15) is 37.4 Å². The standard InChI is InChI=1S/C14H15Cl2NO/c1-14(18)5-3-2-4-9-10-6-8(15)7-11(16)12(10)17-13(9)14/h6-7,17-18H,2-5H2,1H3. The molecule has 0 fully saturated rings. The quantitative estimate of drug-likeness (QED) is 0.691. The maximum Gasteiger partial charge on any atom is 0.102 e. The van der Waals surface area contributed by atoms with E-state index in [0.29, 0.717) is 10.0 Å². The Morgan fingerprint density at radius 2 is 2.06 bits per heavy atom. The predicted octanol–water partition coefficient (Wildman–Crippen LogP) is 4.41. The van der Waals surface area contributed by atoms with Crippen molar-refractivity contribution in [3.8, 4) is 0 Å². The fourth-order valence-corrected chi connectivity index (χ4v) is 3.43. The van der Waals surface area contributed by atoms with Gasteiger partial charge in [0.05, 0.1) is 16.2 Å². The van der Waals surface area contributed by atoms with Gasteiger partial charge >= 0.3 is 0 Å². The molecule has 2 N–H and O–H groups in total. The van der Waals surface area contributed by atoms with Gasteiger partial charge < -0.3 is 10.1 Å². The van der Waals surface area contributed by atoms with Gasteiger partial charge in [-0.3, -0.25) is 0 Å². The van der Waals surface area contributed by atoms with E-state index in [0.717, 1.165) is 47.8 Å². The third-order valence-electron chi connectivity index (χ3n) is 3.81. The van der Waals surface area contributed by atoms with Crippen LogP contribution in [0, 0.1) is 0 Å². The first-order chi connectivity index (χ1) is 8.49. The molecular weight excluding hydrogens is 269 g/mol. The molecule has 1 heterocycles. The van der Waals surface area contributed by atoms with Crippen LogP contribution in [0.4, 0.5) is 0 Å². The third kappa shape index (κ3) is 1.83. The second-order valence-corrected chi connectivity index (χ2v) is 6.11. The van der Waals surface area contributed by atoms with Crippen LogP contribution in [-0.2, 0) is 12.0 Å². The molecule has 96 valence electrons. The summed E-state index contributed by atoms with van der Waals surface area (Å²) in [5.74, 6) is 0. The van der Waals surface area contributed by atoms with E-state index in [1.807, 2.05) is 13.0 Å². The van der Waals surface area contributed by atoms with Crippen molar-refractivity contribution < 1.29 is 5.11 Å². The van der Waals surface area contributed by atoms with Crippen LogP contribution in [0.15, 0.2) is 12.1 Å². The highest BCUT2D eigenvalue weighted by Gasteiger charge is 2.31. The fourth-order valence-electron chi connectivity index (χ4n) is 2.89. The van der Waals surface area contributed by atoms with E-state index < -0.39 is 5.60 Å². The van der Waals surface area contributed by atoms with Crippen molar-refractivity contribution in [1.29, 1.82) is 0 Å². The molecule has 0 spiro atoms. The minimum absolute atomic E-state index is 0.612. The topological polar surface area (TPSA) is 36.0 Å². The lowest BCUT2D eigenvalue weighted by atomic mass is 9.96. The van der Waals surface area contributed by atoms with Crippen LogP contribution in [0.3, 0.4) is 0 Å². The molecular formula is C14H15Cl2NO. The summed E-state index contributed by atoms with van der Waals surface area (Å²) in [5, 5.41) is 12.9. The Hall–Kier alpha value is -0.700. The number of hydrogen-bond acceptors (Lipinski definition) is 1. The molecule has 2 aromatic rings. The summed E-state index contributed by atoms with van der Waals surface area (Å²) < 4.78 is 0. The lowest BCUT2D eigenvalue weighted by molar-refractivity contribution is 0.0435. The average molecular weight is 284 g/mol. The zero-order chi connectivity index (χ0) is 12.9. The molecule has 0 amide bonds. The number of nitrogens with one attached hydrogen (secondary N) is 1. The van der Waals surface area contributed by atoms with Crippen molar-refractivity contribution in [2.75, 3.05) is 0 Å². The van der Waals surface area contributed by atoms with Crippen molar-refractivity contribution in [3.05, 3.63) is 33.4 Å². The number of aromatic amines is 1. The Balaban J connectivity index is 2.35. The Morgan fingerprint density at radius 3 is 2.83 bits per heavy atom. The molecule has 0 radical (unpaired) electrons. The second kappa shape index (κ2) is 4.16. The highest BCUT2D eigenvalue weighted by molar-refractivity contribution is 6.38. The van der Waals surface area contributed by atoms with E-state index in [4.69, 9.17) is 23.2 Å². The minimum atomic E-state index is -0.805. The number of fused-ring (bicyclic) bond motifs is 3. The lowest BCUT2D eigenvalue weighted by Crippen LogP contribution is -2.21. The highest BCUT2D eigenvalue weighted by Crippen LogP contribution is 2.40. The zero-order valence-electron chi connectivity index (χ0n) is 10.2.